The number of piperidine rings is 2. The summed E-state index contributed by atoms with van der Waals surface area (Å²) >= 11 is 0. The summed E-state index contributed by atoms with van der Waals surface area (Å²) in [6.45, 7) is 14.1. The van der Waals surface area contributed by atoms with Gasteiger partial charge in [0.25, 0.3) is 5.91 Å². The van der Waals surface area contributed by atoms with Crippen molar-refractivity contribution in [2.45, 2.75) is 59.4 Å². The van der Waals surface area contributed by atoms with Gasteiger partial charge in [0.2, 0.25) is 0 Å². The molecule has 0 spiro atoms. The molecule has 6 heteroatoms. The van der Waals surface area contributed by atoms with Crippen LogP contribution in [0.1, 0.15) is 62.5 Å². The number of hydrogen-bond donors (Lipinski definition) is 0. The number of aryl methyl sites for hydroxylation is 1. The van der Waals surface area contributed by atoms with Crippen molar-refractivity contribution < 1.29 is 9.53 Å². The molecule has 0 aromatic carbocycles. The van der Waals surface area contributed by atoms with E-state index in [1.165, 1.54) is 32.4 Å². The summed E-state index contributed by atoms with van der Waals surface area (Å²) in [5, 5.41) is 9.80. The van der Waals surface area contributed by atoms with Crippen molar-refractivity contribution >= 4 is 12.0 Å². The Hall–Kier alpha value is -2.10. The Morgan fingerprint density at radius 2 is 2.00 bits per heavy atom. The average molecular weight is 441 g/mol. The van der Waals surface area contributed by atoms with Crippen LogP contribution in [-0.4, -0.2) is 66.7 Å². The quantitative estimate of drug-likeness (QED) is 0.471. The molecule has 2 atom stereocenters. The van der Waals surface area contributed by atoms with Crippen LogP contribution in [0.2, 0.25) is 0 Å². The molecule has 1 aromatic rings. The molecule has 32 heavy (non-hydrogen) atoms. The van der Waals surface area contributed by atoms with Crippen LogP contribution >= 0.6 is 0 Å². The van der Waals surface area contributed by atoms with Crippen molar-refractivity contribution in [1.29, 1.82) is 5.26 Å². The summed E-state index contributed by atoms with van der Waals surface area (Å²) in [6, 6.07) is 4.44. The molecule has 2 fully saturated rings. The van der Waals surface area contributed by atoms with Gasteiger partial charge in [0, 0.05) is 38.1 Å². The lowest BCUT2D eigenvalue weighted by Gasteiger charge is -2.37. The maximum atomic E-state index is 13.2. The summed E-state index contributed by atoms with van der Waals surface area (Å²) < 4.78 is 7.53. The van der Waals surface area contributed by atoms with Gasteiger partial charge < -0.3 is 19.1 Å². The number of amides is 1. The molecule has 2 aliphatic rings. The van der Waals surface area contributed by atoms with Gasteiger partial charge in [-0.3, -0.25) is 4.79 Å². The van der Waals surface area contributed by atoms with Crippen molar-refractivity contribution in [2.75, 3.05) is 46.4 Å². The Bertz CT molecular complexity index is 858. The molecular weight excluding hydrogens is 400 g/mol. The molecule has 1 aromatic heterocycles. The molecule has 0 bridgehead atoms. The normalized spacial score (nSPS) is 22.1. The Labute approximate surface area is 193 Å². The van der Waals surface area contributed by atoms with Crippen LogP contribution in [0.4, 0.5) is 0 Å². The SMILES string of the molecule is COCC(C)n1c(C)cc(/C=C(\C#N)C(=O)N2CCCC(CN3CCC(C)CC3)C2)c1C. The highest BCUT2D eigenvalue weighted by Gasteiger charge is 2.28. The molecule has 2 unspecified atom stereocenters. The molecule has 0 aliphatic carbocycles. The van der Waals surface area contributed by atoms with Crippen molar-refractivity contribution in [3.8, 4) is 6.07 Å². The zero-order valence-electron chi connectivity index (χ0n) is 20.6. The first-order valence-electron chi connectivity index (χ1n) is 12.1. The van der Waals surface area contributed by atoms with E-state index in [0.29, 0.717) is 12.5 Å². The lowest BCUT2D eigenvalue weighted by molar-refractivity contribution is -0.128. The highest BCUT2D eigenvalue weighted by molar-refractivity contribution is 6.01. The van der Waals surface area contributed by atoms with Gasteiger partial charge in [-0.25, -0.2) is 0 Å². The van der Waals surface area contributed by atoms with Crippen LogP contribution in [0.3, 0.4) is 0 Å². The van der Waals surface area contributed by atoms with Gasteiger partial charge in [-0.05, 0) is 89.1 Å². The minimum atomic E-state index is -0.126. The van der Waals surface area contributed by atoms with Crippen LogP contribution < -0.4 is 0 Å². The summed E-state index contributed by atoms with van der Waals surface area (Å²) in [6.07, 6.45) is 6.51. The number of rotatable bonds is 7. The van der Waals surface area contributed by atoms with Crippen LogP contribution in [-0.2, 0) is 9.53 Å². The highest BCUT2D eigenvalue weighted by atomic mass is 16.5. The Balaban J connectivity index is 1.69. The van der Waals surface area contributed by atoms with Gasteiger partial charge in [0.05, 0.1) is 12.6 Å². The Morgan fingerprint density at radius 1 is 1.28 bits per heavy atom. The summed E-state index contributed by atoms with van der Waals surface area (Å²) in [4.78, 5) is 17.7. The van der Waals surface area contributed by atoms with Crippen LogP contribution in [0.5, 0.6) is 0 Å². The number of hydrogen-bond acceptors (Lipinski definition) is 4. The van der Waals surface area contributed by atoms with E-state index in [9.17, 15) is 10.1 Å². The van der Waals surface area contributed by atoms with E-state index < -0.39 is 0 Å². The fourth-order valence-electron chi connectivity index (χ4n) is 5.42. The summed E-state index contributed by atoms with van der Waals surface area (Å²) in [7, 11) is 1.70. The molecule has 3 rings (SSSR count). The van der Waals surface area contributed by atoms with Crippen molar-refractivity contribution in [2.24, 2.45) is 11.8 Å². The van der Waals surface area contributed by atoms with Crippen LogP contribution in [0.15, 0.2) is 11.6 Å². The molecule has 176 valence electrons. The maximum Gasteiger partial charge on any atom is 0.264 e. The van der Waals surface area contributed by atoms with E-state index in [1.807, 2.05) is 11.8 Å². The third kappa shape index (κ3) is 5.82. The smallest absolute Gasteiger partial charge is 0.264 e. The zero-order chi connectivity index (χ0) is 23.3. The number of nitrogens with zero attached hydrogens (tertiary/aromatic N) is 4. The number of carbonyl (C=O) groups is 1. The fraction of sp³-hybridized carbons (Fsp3) is 0.692. The van der Waals surface area contributed by atoms with Crippen LogP contribution in [0, 0.1) is 37.0 Å². The molecule has 6 nitrogen and oxygen atoms in total. The van der Waals surface area contributed by atoms with Gasteiger partial charge in [-0.1, -0.05) is 6.92 Å². The van der Waals surface area contributed by atoms with Gasteiger partial charge in [0.1, 0.15) is 11.6 Å². The van der Waals surface area contributed by atoms with E-state index in [4.69, 9.17) is 4.74 Å². The van der Waals surface area contributed by atoms with Gasteiger partial charge in [0.15, 0.2) is 0 Å². The van der Waals surface area contributed by atoms with Gasteiger partial charge in [-0.15, -0.1) is 0 Å². The second-order valence-corrected chi connectivity index (χ2v) is 9.91. The van der Waals surface area contributed by atoms with E-state index in [0.717, 1.165) is 48.9 Å². The second-order valence-electron chi connectivity index (χ2n) is 9.91. The van der Waals surface area contributed by atoms with E-state index in [-0.39, 0.29) is 17.5 Å². The van der Waals surface area contributed by atoms with Crippen molar-refractivity contribution in [3.05, 3.63) is 28.6 Å². The minimum Gasteiger partial charge on any atom is -0.383 e. The molecule has 1 amide bonds. The zero-order valence-corrected chi connectivity index (χ0v) is 20.6. The first kappa shape index (κ1) is 24.5. The molecule has 3 heterocycles. The average Bonchev–Trinajstić information content (AvgIpc) is 3.06. The van der Waals surface area contributed by atoms with E-state index >= 15 is 0 Å². The highest BCUT2D eigenvalue weighted by Crippen LogP contribution is 2.25. The first-order chi connectivity index (χ1) is 15.3. The Morgan fingerprint density at radius 3 is 2.66 bits per heavy atom. The second kappa shape index (κ2) is 11.2. The van der Waals surface area contributed by atoms with Gasteiger partial charge in [-0.2, -0.15) is 5.26 Å². The monoisotopic (exact) mass is 440 g/mol. The molecule has 0 N–H and O–H groups in total. The molecular formula is C26H40N4O2. The Kier molecular flexibility index (Phi) is 8.56. The maximum absolute atomic E-state index is 13.2. The number of methoxy groups -OCH3 is 1. The minimum absolute atomic E-state index is 0.126. The largest absolute Gasteiger partial charge is 0.383 e. The van der Waals surface area contributed by atoms with Crippen LogP contribution in [0.25, 0.3) is 6.08 Å². The van der Waals surface area contributed by atoms with E-state index in [2.05, 4.69) is 42.4 Å². The molecule has 0 saturated carbocycles. The third-order valence-corrected chi connectivity index (χ3v) is 7.22. The van der Waals surface area contributed by atoms with E-state index in [1.54, 1.807) is 13.2 Å². The standard InChI is InChI=1S/C26H40N4O2/c1-19-8-11-28(12-9-19)16-23-7-6-10-29(17-23)26(31)25(15-27)14-24-13-20(2)30(22(24)4)21(3)18-32-5/h13-14,19,21,23H,6-12,16-18H2,1-5H3/b25-14+. The third-order valence-electron chi connectivity index (χ3n) is 7.22. The molecule has 2 aliphatic heterocycles. The van der Waals surface area contributed by atoms with Crippen molar-refractivity contribution in [1.82, 2.24) is 14.4 Å². The molecule has 2 saturated heterocycles. The number of ether oxygens (including phenoxy) is 1. The predicted molar refractivity (Wildman–Crippen MR) is 128 cm³/mol. The molecule has 0 radical (unpaired) electrons. The number of carbonyl (C=O) groups excluding carboxylic acids is 1. The van der Waals surface area contributed by atoms with Crippen molar-refractivity contribution in [3.63, 3.8) is 0 Å². The fourth-order valence-corrected chi connectivity index (χ4v) is 5.42. The number of aromatic nitrogens is 1. The number of nitriles is 1. The topological polar surface area (TPSA) is 61.5 Å². The number of likely N-dealkylation sites (tertiary alicyclic amines) is 2. The predicted octanol–water partition coefficient (Wildman–Crippen LogP) is 4.19. The summed E-state index contributed by atoms with van der Waals surface area (Å²) in [5.74, 6) is 1.21. The van der Waals surface area contributed by atoms with Gasteiger partial charge >= 0.3 is 0 Å². The first-order valence-corrected chi connectivity index (χ1v) is 12.1. The summed E-state index contributed by atoms with van der Waals surface area (Å²) in [5.41, 5.74) is 3.34. The lowest BCUT2D eigenvalue weighted by Crippen LogP contribution is -2.45. The lowest BCUT2D eigenvalue weighted by atomic mass is 9.94.